The number of hydrogen-bond acceptors (Lipinski definition) is 9. The average molecular weight is 806 g/mol. The molecule has 3 aliphatic heterocycles. The highest BCUT2D eigenvalue weighted by Crippen LogP contribution is 2.55. The van der Waals surface area contributed by atoms with Gasteiger partial charge in [0.2, 0.25) is 5.91 Å². The molecule has 3 aromatic rings. The van der Waals surface area contributed by atoms with Crippen molar-refractivity contribution >= 4 is 29.1 Å². The smallest absolute Gasteiger partial charge is 0.254 e. The van der Waals surface area contributed by atoms with Gasteiger partial charge in [0.1, 0.15) is 35.5 Å². The van der Waals surface area contributed by atoms with Crippen LogP contribution < -0.4 is 35.2 Å². The van der Waals surface area contributed by atoms with Gasteiger partial charge in [-0.1, -0.05) is 34.3 Å². The summed E-state index contributed by atoms with van der Waals surface area (Å²) in [6, 6.07) is 19.1. The first kappa shape index (κ1) is 41.5. The van der Waals surface area contributed by atoms with Gasteiger partial charge in [-0.05, 0) is 86.2 Å². The number of hydrogen-bond donors (Lipinski definition) is 3. The third-order valence-corrected chi connectivity index (χ3v) is 12.9. The molecule has 7 rings (SSSR count). The van der Waals surface area contributed by atoms with Crippen LogP contribution in [0.2, 0.25) is 0 Å². The molecular weight excluding hydrogens is 750 g/mol. The number of piperidine rings is 2. The molecule has 3 heterocycles. The van der Waals surface area contributed by atoms with Crippen LogP contribution in [0.3, 0.4) is 0 Å². The van der Waals surface area contributed by atoms with Crippen molar-refractivity contribution < 1.29 is 28.2 Å². The number of carbonyl (C=O) groups excluding carboxylic acids is 3. The Morgan fingerprint density at radius 1 is 0.881 bits per heavy atom. The lowest BCUT2D eigenvalue weighted by atomic mass is 9.49. The number of nitrogens with one attached hydrogen (secondary N) is 3. The van der Waals surface area contributed by atoms with Gasteiger partial charge in [0.25, 0.3) is 11.8 Å². The molecule has 0 aromatic heterocycles. The molecule has 13 heteroatoms. The van der Waals surface area contributed by atoms with E-state index < -0.39 is 17.8 Å². The number of nitrogens with zero attached hydrogens (tertiary/aromatic N) is 4. The molecule has 3 N–H and O–H groups in total. The molecule has 3 amide bonds. The number of anilines is 2. The van der Waals surface area contributed by atoms with Gasteiger partial charge in [-0.2, -0.15) is 5.26 Å². The summed E-state index contributed by atoms with van der Waals surface area (Å²) < 4.78 is 26.9. The van der Waals surface area contributed by atoms with E-state index in [1.54, 1.807) is 24.3 Å². The second-order valence-corrected chi connectivity index (χ2v) is 17.6. The molecule has 0 radical (unpaired) electrons. The molecular formula is C46H56FN7O5. The summed E-state index contributed by atoms with van der Waals surface area (Å²) in [5.41, 5.74) is 2.79. The van der Waals surface area contributed by atoms with Gasteiger partial charge in [-0.3, -0.25) is 19.3 Å². The fourth-order valence-electron chi connectivity index (χ4n) is 9.77. The van der Waals surface area contributed by atoms with Crippen LogP contribution in [-0.4, -0.2) is 93.7 Å². The third kappa shape index (κ3) is 8.74. The van der Waals surface area contributed by atoms with Crippen molar-refractivity contribution in [3.63, 3.8) is 0 Å². The Balaban J connectivity index is 0.844. The van der Waals surface area contributed by atoms with Crippen molar-refractivity contribution in [2.45, 2.75) is 71.6 Å². The zero-order chi connectivity index (χ0) is 42.1. The van der Waals surface area contributed by atoms with Gasteiger partial charge in [-0.25, -0.2) is 4.39 Å². The Hall–Kier alpha value is -5.61. The number of allylic oxidation sites excluding steroid dienone is 1. The van der Waals surface area contributed by atoms with E-state index in [2.05, 4.69) is 71.0 Å². The van der Waals surface area contributed by atoms with Gasteiger partial charge in [0, 0.05) is 91.4 Å². The quantitative estimate of drug-likeness (QED) is 0.217. The maximum atomic E-state index is 15.1. The monoisotopic (exact) mass is 805 g/mol. The van der Waals surface area contributed by atoms with Crippen LogP contribution in [0.4, 0.5) is 15.8 Å². The summed E-state index contributed by atoms with van der Waals surface area (Å²) in [5, 5.41) is 17.9. The number of nitriles is 1. The second kappa shape index (κ2) is 16.9. The first-order valence-electron chi connectivity index (χ1n) is 20.6. The van der Waals surface area contributed by atoms with Crippen LogP contribution in [0.15, 0.2) is 72.9 Å². The summed E-state index contributed by atoms with van der Waals surface area (Å²) in [4.78, 5) is 45.5. The van der Waals surface area contributed by atoms with Gasteiger partial charge in [-0.15, -0.1) is 0 Å². The highest BCUT2D eigenvalue weighted by atomic mass is 19.1. The van der Waals surface area contributed by atoms with E-state index in [-0.39, 0.29) is 40.4 Å². The number of ether oxygens (including phenoxy) is 2. The van der Waals surface area contributed by atoms with Crippen LogP contribution in [0.1, 0.15) is 79.7 Å². The van der Waals surface area contributed by atoms with Crippen LogP contribution in [0, 0.1) is 33.9 Å². The Bertz CT molecular complexity index is 2100. The molecule has 59 heavy (non-hydrogen) atoms. The Labute approximate surface area is 346 Å². The van der Waals surface area contributed by atoms with E-state index in [0.29, 0.717) is 47.1 Å². The minimum atomic E-state index is -0.704. The number of amides is 3. The number of benzene rings is 3. The zero-order valence-corrected chi connectivity index (χ0v) is 34.8. The number of methoxy groups -OCH3 is 1. The van der Waals surface area contributed by atoms with Gasteiger partial charge >= 0.3 is 0 Å². The van der Waals surface area contributed by atoms with E-state index in [1.807, 2.05) is 24.3 Å². The molecule has 4 fully saturated rings. The van der Waals surface area contributed by atoms with Crippen molar-refractivity contribution in [2.24, 2.45) is 16.7 Å². The minimum absolute atomic E-state index is 0.0698. The van der Waals surface area contributed by atoms with Gasteiger partial charge in [0.15, 0.2) is 0 Å². The molecule has 4 aliphatic rings. The van der Waals surface area contributed by atoms with Crippen molar-refractivity contribution in [1.82, 2.24) is 20.9 Å². The Morgan fingerprint density at radius 3 is 2.17 bits per heavy atom. The number of carbonyl (C=O) groups is 3. The molecule has 0 unspecified atom stereocenters. The lowest BCUT2D eigenvalue weighted by Gasteiger charge is -2.63. The zero-order valence-electron chi connectivity index (χ0n) is 34.8. The minimum Gasteiger partial charge on any atom is -0.495 e. The lowest BCUT2D eigenvalue weighted by Crippen LogP contribution is -2.74. The summed E-state index contributed by atoms with van der Waals surface area (Å²) in [5.74, 6) is 0.0505. The molecule has 0 spiro atoms. The lowest BCUT2D eigenvalue weighted by molar-refractivity contribution is -0.164. The van der Waals surface area contributed by atoms with Crippen LogP contribution in [-0.2, 0) is 4.79 Å². The van der Waals surface area contributed by atoms with E-state index in [1.165, 1.54) is 19.2 Å². The number of piperazine rings is 1. The molecule has 12 nitrogen and oxygen atoms in total. The standard InChI is InChI=1S/C46H56FN7O5/c1-29-7-16-38(42(57)49-29)50-41(56)36-15-13-34(25-37(36)47)54-23-21-52(22-24-54)28-30-17-19-53(20-18-30)33-11-8-31(9-12-33)40(55)51-43-45(2,3)44(46(43,4)5)59-35-14-10-32(27-48)39(26-35)58-6/h8-15,25-26,30,38,43-44H,1,7,16-24,28H2,2-6H3,(H,49,57)(H,50,56)(H,51,55)/t38-,43?,44?/m1/s1. The summed E-state index contributed by atoms with van der Waals surface area (Å²) in [6.45, 7) is 18.4. The number of rotatable bonds is 11. The molecule has 0 bridgehead atoms. The maximum absolute atomic E-state index is 15.1. The fraction of sp³-hybridized carbons (Fsp3) is 0.478. The van der Waals surface area contributed by atoms with Gasteiger partial charge < -0.3 is 35.2 Å². The molecule has 1 saturated carbocycles. The Morgan fingerprint density at radius 2 is 1.54 bits per heavy atom. The summed E-state index contributed by atoms with van der Waals surface area (Å²) in [6.07, 6.45) is 3.00. The van der Waals surface area contributed by atoms with Crippen LogP contribution in [0.25, 0.3) is 0 Å². The summed E-state index contributed by atoms with van der Waals surface area (Å²) in [7, 11) is 1.53. The fourth-order valence-corrected chi connectivity index (χ4v) is 9.77. The normalized spacial score (nSPS) is 23.0. The highest BCUT2D eigenvalue weighted by Gasteiger charge is 2.64. The SMILES string of the molecule is C=C1CC[C@@H](NC(=O)c2ccc(N3CCN(CC4CCN(c5ccc(C(=O)NC6C(C)(C)C(Oc7ccc(C#N)c(OC)c7)C6(C)C)cc5)CC4)CC3)cc2F)C(=O)N1. The second-order valence-electron chi connectivity index (χ2n) is 17.6. The van der Waals surface area contributed by atoms with E-state index in [9.17, 15) is 19.6 Å². The molecule has 1 atom stereocenters. The molecule has 3 saturated heterocycles. The summed E-state index contributed by atoms with van der Waals surface area (Å²) >= 11 is 0. The number of halogens is 1. The third-order valence-electron chi connectivity index (χ3n) is 12.9. The van der Waals surface area contributed by atoms with Crippen molar-refractivity contribution in [3.8, 4) is 17.6 Å². The Kier molecular flexibility index (Phi) is 11.9. The van der Waals surface area contributed by atoms with E-state index >= 15 is 4.39 Å². The van der Waals surface area contributed by atoms with Crippen LogP contribution in [0.5, 0.6) is 11.5 Å². The van der Waals surface area contributed by atoms with Gasteiger partial charge in [0.05, 0.1) is 18.2 Å². The predicted molar refractivity (Wildman–Crippen MR) is 225 cm³/mol. The average Bonchev–Trinajstić information content (AvgIpc) is 3.23. The molecule has 3 aromatic carbocycles. The first-order valence-corrected chi connectivity index (χ1v) is 20.6. The molecule has 312 valence electrons. The maximum Gasteiger partial charge on any atom is 0.254 e. The van der Waals surface area contributed by atoms with E-state index in [4.69, 9.17) is 9.47 Å². The first-order chi connectivity index (χ1) is 28.2. The highest BCUT2D eigenvalue weighted by molar-refractivity contribution is 5.98. The van der Waals surface area contributed by atoms with Crippen LogP contribution >= 0.6 is 0 Å². The largest absolute Gasteiger partial charge is 0.495 e. The molecule has 1 aliphatic carbocycles. The van der Waals surface area contributed by atoms with E-state index in [0.717, 1.165) is 70.0 Å². The van der Waals surface area contributed by atoms with Crippen molar-refractivity contribution in [2.75, 3.05) is 62.7 Å². The predicted octanol–water partition coefficient (Wildman–Crippen LogP) is 5.88. The van der Waals surface area contributed by atoms with Crippen molar-refractivity contribution in [3.05, 3.63) is 95.4 Å². The topological polar surface area (TPSA) is 139 Å². The van der Waals surface area contributed by atoms with Crippen molar-refractivity contribution in [1.29, 1.82) is 5.26 Å².